The van der Waals surface area contributed by atoms with Crippen LogP contribution in [-0.2, 0) is 0 Å². The average Bonchev–Trinajstić information content (AvgIpc) is 2.61. The molecule has 0 aromatic heterocycles. The van der Waals surface area contributed by atoms with Gasteiger partial charge < -0.3 is 9.80 Å². The molecule has 0 unspecified atom stereocenters. The lowest BCUT2D eigenvalue weighted by Crippen LogP contribution is -2.26. The van der Waals surface area contributed by atoms with E-state index in [0.717, 1.165) is 6.67 Å². The molecule has 15 heavy (non-hydrogen) atoms. The molecule has 0 radical (unpaired) electrons. The largest absolute Gasteiger partial charge is 0.359 e. The number of hydrogen-bond donors (Lipinski definition) is 0. The van der Waals surface area contributed by atoms with Gasteiger partial charge in [0.1, 0.15) is 0 Å². The number of halogens is 1. The molecule has 0 fully saturated rings. The molecule has 0 amide bonds. The maximum Gasteiger partial charge on any atom is 0.0893 e. The van der Waals surface area contributed by atoms with Crippen LogP contribution in [0, 0.1) is 0 Å². The fourth-order valence-corrected chi connectivity index (χ4v) is 1.84. The summed E-state index contributed by atoms with van der Waals surface area (Å²) in [4.78, 5) is 4.81. The Morgan fingerprint density at radius 3 is 2.13 bits per heavy atom. The zero-order chi connectivity index (χ0) is 10.2. The van der Waals surface area contributed by atoms with Crippen LogP contribution in [0.15, 0.2) is 12.4 Å². The van der Waals surface area contributed by atoms with Crippen LogP contribution < -0.4 is 0 Å². The van der Waals surface area contributed by atoms with Gasteiger partial charge in [-0.2, -0.15) is 0 Å². The van der Waals surface area contributed by atoms with Crippen molar-refractivity contribution in [2.24, 2.45) is 0 Å². The Kier molecular flexibility index (Phi) is 8.68. The van der Waals surface area contributed by atoms with E-state index < -0.39 is 0 Å². The summed E-state index contributed by atoms with van der Waals surface area (Å²) in [7, 11) is 0. The predicted molar refractivity (Wildman–Crippen MR) is 69.1 cm³/mol. The summed E-state index contributed by atoms with van der Waals surface area (Å²) < 4.78 is 0. The summed E-state index contributed by atoms with van der Waals surface area (Å²) in [5.74, 6) is 0. The molecular weight excluding hydrogens is 208 g/mol. The molecule has 1 aliphatic rings. The molecule has 0 aromatic carbocycles. The summed E-state index contributed by atoms with van der Waals surface area (Å²) in [6.45, 7) is 8.04. The van der Waals surface area contributed by atoms with Crippen molar-refractivity contribution in [1.82, 2.24) is 9.80 Å². The quantitative estimate of drug-likeness (QED) is 0.621. The Bertz CT molecular complexity index is 171. The summed E-state index contributed by atoms with van der Waals surface area (Å²) in [6.07, 6.45) is 11.2. The molecule has 90 valence electrons. The second-order valence-corrected chi connectivity index (χ2v) is 4.12. The Balaban J connectivity index is 0.00000196. The molecule has 0 atom stereocenters. The van der Waals surface area contributed by atoms with Gasteiger partial charge in [-0.05, 0) is 12.8 Å². The summed E-state index contributed by atoms with van der Waals surface area (Å²) in [5, 5.41) is 0. The summed E-state index contributed by atoms with van der Waals surface area (Å²) in [5.41, 5.74) is 0. The minimum Gasteiger partial charge on any atom is -0.359 e. The number of rotatable bonds is 7. The lowest BCUT2D eigenvalue weighted by atomic mass is 10.2. The molecule has 0 saturated carbocycles. The van der Waals surface area contributed by atoms with Gasteiger partial charge in [-0.3, -0.25) is 0 Å². The second kappa shape index (κ2) is 8.90. The van der Waals surface area contributed by atoms with Crippen molar-refractivity contribution < 1.29 is 0 Å². The minimum atomic E-state index is 0. The van der Waals surface area contributed by atoms with Gasteiger partial charge in [0, 0.05) is 25.5 Å². The molecule has 0 N–H and O–H groups in total. The SMILES string of the molecule is CCCCCCN1C=CN(CCC)C1.Cl. The van der Waals surface area contributed by atoms with Gasteiger partial charge in [-0.15, -0.1) is 12.4 Å². The maximum atomic E-state index is 2.42. The Morgan fingerprint density at radius 1 is 0.867 bits per heavy atom. The third-order valence-corrected chi connectivity index (χ3v) is 2.66. The van der Waals surface area contributed by atoms with Crippen molar-refractivity contribution in [1.29, 1.82) is 0 Å². The van der Waals surface area contributed by atoms with Crippen molar-refractivity contribution in [2.45, 2.75) is 46.0 Å². The van der Waals surface area contributed by atoms with E-state index in [0.29, 0.717) is 0 Å². The van der Waals surface area contributed by atoms with E-state index in [4.69, 9.17) is 0 Å². The molecule has 0 spiro atoms. The molecule has 1 aliphatic heterocycles. The van der Waals surface area contributed by atoms with E-state index >= 15 is 0 Å². The first-order valence-corrected chi connectivity index (χ1v) is 6.03. The first-order chi connectivity index (χ1) is 6.86. The summed E-state index contributed by atoms with van der Waals surface area (Å²) >= 11 is 0. The Morgan fingerprint density at radius 2 is 1.53 bits per heavy atom. The van der Waals surface area contributed by atoms with Crippen LogP contribution in [0.4, 0.5) is 0 Å². The molecule has 1 rings (SSSR count). The highest BCUT2D eigenvalue weighted by atomic mass is 35.5. The first kappa shape index (κ1) is 14.6. The Hall–Kier alpha value is -0.370. The van der Waals surface area contributed by atoms with Crippen LogP contribution in [-0.4, -0.2) is 29.6 Å². The van der Waals surface area contributed by atoms with Gasteiger partial charge in [-0.1, -0.05) is 33.1 Å². The third-order valence-electron chi connectivity index (χ3n) is 2.66. The van der Waals surface area contributed by atoms with E-state index in [1.165, 1.54) is 45.2 Å². The van der Waals surface area contributed by atoms with Gasteiger partial charge in [0.05, 0.1) is 6.67 Å². The van der Waals surface area contributed by atoms with Crippen LogP contribution in [0.5, 0.6) is 0 Å². The van der Waals surface area contributed by atoms with Gasteiger partial charge in [0.2, 0.25) is 0 Å². The predicted octanol–water partition coefficient (Wildman–Crippen LogP) is 3.44. The molecule has 0 aromatic rings. The van der Waals surface area contributed by atoms with E-state index in [9.17, 15) is 0 Å². The van der Waals surface area contributed by atoms with Gasteiger partial charge in [0.15, 0.2) is 0 Å². The first-order valence-electron chi connectivity index (χ1n) is 6.03. The number of unbranched alkanes of at least 4 members (excludes halogenated alkanes) is 3. The van der Waals surface area contributed by atoms with Crippen LogP contribution in [0.3, 0.4) is 0 Å². The van der Waals surface area contributed by atoms with E-state index in [2.05, 4.69) is 36.0 Å². The molecule has 3 heteroatoms. The van der Waals surface area contributed by atoms with Crippen LogP contribution in [0.1, 0.15) is 46.0 Å². The normalized spacial score (nSPS) is 14.5. The van der Waals surface area contributed by atoms with Gasteiger partial charge in [0.25, 0.3) is 0 Å². The fourth-order valence-electron chi connectivity index (χ4n) is 1.84. The van der Waals surface area contributed by atoms with Crippen LogP contribution >= 0.6 is 12.4 Å². The monoisotopic (exact) mass is 232 g/mol. The van der Waals surface area contributed by atoms with Crippen molar-refractivity contribution in [3.05, 3.63) is 12.4 Å². The fraction of sp³-hybridized carbons (Fsp3) is 0.833. The molecule has 0 bridgehead atoms. The van der Waals surface area contributed by atoms with Crippen molar-refractivity contribution in [3.63, 3.8) is 0 Å². The molecule has 1 heterocycles. The van der Waals surface area contributed by atoms with E-state index in [-0.39, 0.29) is 12.4 Å². The van der Waals surface area contributed by atoms with Crippen molar-refractivity contribution in [2.75, 3.05) is 19.8 Å². The lowest BCUT2D eigenvalue weighted by molar-refractivity contribution is 0.261. The minimum absolute atomic E-state index is 0. The van der Waals surface area contributed by atoms with E-state index in [1.54, 1.807) is 0 Å². The highest BCUT2D eigenvalue weighted by molar-refractivity contribution is 5.85. The van der Waals surface area contributed by atoms with Gasteiger partial charge >= 0.3 is 0 Å². The lowest BCUT2D eigenvalue weighted by Gasteiger charge is -2.20. The van der Waals surface area contributed by atoms with Crippen LogP contribution in [0.2, 0.25) is 0 Å². The second-order valence-electron chi connectivity index (χ2n) is 4.12. The average molecular weight is 233 g/mol. The molecule has 0 aliphatic carbocycles. The zero-order valence-corrected chi connectivity index (χ0v) is 10.9. The maximum absolute atomic E-state index is 2.42. The highest BCUT2D eigenvalue weighted by Crippen LogP contribution is 2.09. The third kappa shape index (κ3) is 5.93. The van der Waals surface area contributed by atoms with Crippen molar-refractivity contribution >= 4 is 12.4 Å². The van der Waals surface area contributed by atoms with Gasteiger partial charge in [-0.25, -0.2) is 0 Å². The number of hydrogen-bond acceptors (Lipinski definition) is 2. The number of nitrogens with zero attached hydrogens (tertiary/aromatic N) is 2. The smallest absolute Gasteiger partial charge is 0.0893 e. The summed E-state index contributed by atoms with van der Waals surface area (Å²) in [6, 6.07) is 0. The zero-order valence-electron chi connectivity index (χ0n) is 10.1. The van der Waals surface area contributed by atoms with Crippen LogP contribution in [0.25, 0.3) is 0 Å². The highest BCUT2D eigenvalue weighted by Gasteiger charge is 2.09. The van der Waals surface area contributed by atoms with E-state index in [1.807, 2.05) is 0 Å². The molecular formula is C12H25ClN2. The van der Waals surface area contributed by atoms with Crippen molar-refractivity contribution in [3.8, 4) is 0 Å². The Labute approximate surface area is 101 Å². The molecule has 0 saturated heterocycles. The topological polar surface area (TPSA) is 6.48 Å². The standard InChI is InChI=1S/C12H24N2.ClH/c1-3-5-6-7-9-14-11-10-13(12-14)8-4-2;/h10-11H,3-9,12H2,1-2H3;1H. The molecule has 2 nitrogen and oxygen atoms in total.